The third-order valence-corrected chi connectivity index (χ3v) is 6.13. The average molecular weight is 406 g/mol. The van der Waals surface area contributed by atoms with Crippen LogP contribution in [0.3, 0.4) is 0 Å². The Morgan fingerprint density at radius 2 is 2.03 bits per heavy atom. The lowest BCUT2D eigenvalue weighted by molar-refractivity contribution is 0.100. The number of carbonyl (C=O) groups is 1. The first-order valence-electron chi connectivity index (χ1n) is 10.6. The molecule has 3 aromatic heterocycles. The number of anilines is 2. The Balaban J connectivity index is 1.48. The van der Waals surface area contributed by atoms with Crippen molar-refractivity contribution in [2.75, 3.05) is 36.4 Å². The summed E-state index contributed by atoms with van der Waals surface area (Å²) in [6.45, 7) is 6.06. The summed E-state index contributed by atoms with van der Waals surface area (Å²) >= 11 is 0. The van der Waals surface area contributed by atoms with E-state index in [2.05, 4.69) is 44.7 Å². The number of nitrogens with zero attached hydrogens (tertiary/aromatic N) is 4. The van der Waals surface area contributed by atoms with E-state index in [-0.39, 0.29) is 6.04 Å². The molecule has 8 heteroatoms. The summed E-state index contributed by atoms with van der Waals surface area (Å²) in [5.74, 6) is 1.18. The Labute approximate surface area is 175 Å². The summed E-state index contributed by atoms with van der Waals surface area (Å²) in [7, 11) is 0. The van der Waals surface area contributed by atoms with Gasteiger partial charge in [0, 0.05) is 55.7 Å². The molecule has 0 spiro atoms. The van der Waals surface area contributed by atoms with Crippen molar-refractivity contribution in [3.8, 4) is 11.1 Å². The van der Waals surface area contributed by atoms with Crippen molar-refractivity contribution < 1.29 is 4.79 Å². The van der Waals surface area contributed by atoms with Crippen molar-refractivity contribution in [1.82, 2.24) is 19.9 Å². The smallest absolute Gasteiger partial charge is 0.252 e. The molecule has 8 nitrogen and oxygen atoms in total. The molecular weight excluding hydrogens is 378 g/mol. The van der Waals surface area contributed by atoms with Gasteiger partial charge >= 0.3 is 0 Å². The predicted molar refractivity (Wildman–Crippen MR) is 118 cm³/mol. The third-order valence-electron chi connectivity index (χ3n) is 6.13. The maximum Gasteiger partial charge on any atom is 0.252 e. The first-order valence-corrected chi connectivity index (χ1v) is 10.6. The lowest BCUT2D eigenvalue weighted by Gasteiger charge is -2.28. The van der Waals surface area contributed by atoms with Crippen molar-refractivity contribution in [3.05, 3.63) is 42.4 Å². The van der Waals surface area contributed by atoms with Crippen LogP contribution in [0, 0.1) is 5.92 Å². The number of hydrogen-bond acceptors (Lipinski definition) is 6. The van der Waals surface area contributed by atoms with Crippen LogP contribution in [-0.4, -0.2) is 52.7 Å². The fraction of sp³-hybridized carbons (Fsp3) is 0.409. The van der Waals surface area contributed by atoms with E-state index in [0.29, 0.717) is 11.5 Å². The van der Waals surface area contributed by atoms with E-state index >= 15 is 0 Å². The van der Waals surface area contributed by atoms with E-state index < -0.39 is 5.91 Å². The first kappa shape index (κ1) is 18.9. The summed E-state index contributed by atoms with van der Waals surface area (Å²) in [4.78, 5) is 19.0. The highest BCUT2D eigenvalue weighted by Gasteiger charge is 2.29. The molecule has 4 N–H and O–H groups in total. The zero-order valence-electron chi connectivity index (χ0n) is 17.1. The Bertz CT molecular complexity index is 1070. The lowest BCUT2D eigenvalue weighted by Crippen LogP contribution is -2.43. The maximum absolute atomic E-state index is 12.0. The van der Waals surface area contributed by atoms with Gasteiger partial charge in [0.1, 0.15) is 5.82 Å². The molecule has 0 aromatic carbocycles. The Kier molecular flexibility index (Phi) is 4.78. The molecule has 5 rings (SSSR count). The summed E-state index contributed by atoms with van der Waals surface area (Å²) in [5.41, 5.74) is 9.68. The average Bonchev–Trinajstić information content (AvgIpc) is 3.53. The molecule has 2 aliphatic rings. The van der Waals surface area contributed by atoms with E-state index in [1.54, 1.807) is 10.7 Å². The van der Waals surface area contributed by atoms with Crippen molar-refractivity contribution >= 4 is 22.9 Å². The Morgan fingerprint density at radius 3 is 2.70 bits per heavy atom. The van der Waals surface area contributed by atoms with Gasteiger partial charge in [-0.25, -0.2) is 9.50 Å². The van der Waals surface area contributed by atoms with Crippen LogP contribution in [0.4, 0.5) is 11.5 Å². The van der Waals surface area contributed by atoms with E-state index in [4.69, 9.17) is 5.73 Å². The van der Waals surface area contributed by atoms with Gasteiger partial charge in [0.05, 0.1) is 23.0 Å². The van der Waals surface area contributed by atoms with Crippen LogP contribution in [0.25, 0.3) is 16.6 Å². The van der Waals surface area contributed by atoms with E-state index in [9.17, 15) is 4.79 Å². The normalized spacial score (nSPS) is 17.8. The zero-order valence-corrected chi connectivity index (χ0v) is 17.1. The van der Waals surface area contributed by atoms with Gasteiger partial charge in [0.15, 0.2) is 0 Å². The highest BCUT2D eigenvalue weighted by atomic mass is 16.1. The number of rotatable bonds is 6. The second-order valence-electron chi connectivity index (χ2n) is 8.27. The molecule has 0 bridgehead atoms. The molecule has 1 saturated heterocycles. The standard InChI is InChI=1S/C22H27N7O/c1-14(15-2-3-15)27-21-18(22(23)30)12-26-29-13-17(10-19(21)29)16-4-5-20(25-11-16)28-8-6-24-7-9-28/h4-5,10-15,24,27H,2-3,6-9H2,1H3,(H2,23,30)/t14-/m1/s1. The van der Waals surface area contributed by atoms with Crippen molar-refractivity contribution in [1.29, 1.82) is 0 Å². The van der Waals surface area contributed by atoms with E-state index in [1.165, 1.54) is 12.8 Å². The van der Waals surface area contributed by atoms with Gasteiger partial charge in [-0.2, -0.15) is 5.10 Å². The molecule has 1 aliphatic carbocycles. The Morgan fingerprint density at radius 1 is 1.23 bits per heavy atom. The zero-order chi connectivity index (χ0) is 20.7. The summed E-state index contributed by atoms with van der Waals surface area (Å²) in [6.07, 6.45) is 7.86. The number of amides is 1. The minimum Gasteiger partial charge on any atom is -0.380 e. The van der Waals surface area contributed by atoms with E-state index in [0.717, 1.165) is 54.3 Å². The first-order chi connectivity index (χ1) is 14.6. The SMILES string of the molecule is C[C@@H](Nc1c(C(N)=O)cnn2cc(-c3ccc(N4CCNCC4)nc3)cc12)C1CC1. The Hall–Kier alpha value is -3.13. The van der Waals surface area contributed by atoms with Gasteiger partial charge in [-0.3, -0.25) is 4.79 Å². The second-order valence-corrected chi connectivity index (χ2v) is 8.27. The molecule has 1 aliphatic heterocycles. The molecule has 1 atom stereocenters. The second kappa shape index (κ2) is 7.60. The minimum absolute atomic E-state index is 0.285. The highest BCUT2D eigenvalue weighted by molar-refractivity contribution is 6.02. The highest BCUT2D eigenvalue weighted by Crippen LogP contribution is 2.36. The van der Waals surface area contributed by atoms with Crippen LogP contribution in [0.15, 0.2) is 36.8 Å². The molecule has 0 unspecified atom stereocenters. The summed E-state index contributed by atoms with van der Waals surface area (Å²) < 4.78 is 1.80. The number of pyridine rings is 1. The molecule has 0 radical (unpaired) electrons. The van der Waals surface area contributed by atoms with Gasteiger partial charge in [-0.15, -0.1) is 0 Å². The number of fused-ring (bicyclic) bond motifs is 1. The van der Waals surface area contributed by atoms with Gasteiger partial charge < -0.3 is 21.3 Å². The van der Waals surface area contributed by atoms with E-state index in [1.807, 2.05) is 18.5 Å². The molecule has 1 amide bonds. The number of nitrogens with one attached hydrogen (secondary N) is 2. The predicted octanol–water partition coefficient (Wildman–Crippen LogP) is 2.12. The molecule has 3 aromatic rings. The topological polar surface area (TPSA) is 101 Å². The molecule has 4 heterocycles. The van der Waals surface area contributed by atoms with Gasteiger partial charge in [-0.1, -0.05) is 0 Å². The summed E-state index contributed by atoms with van der Waals surface area (Å²) in [6, 6.07) is 6.49. The quantitative estimate of drug-likeness (QED) is 0.581. The molecular formula is C22H27N7O. The largest absolute Gasteiger partial charge is 0.380 e. The van der Waals surface area contributed by atoms with Crippen LogP contribution in [0.5, 0.6) is 0 Å². The van der Waals surface area contributed by atoms with Crippen molar-refractivity contribution in [2.24, 2.45) is 11.7 Å². The third kappa shape index (κ3) is 3.59. The number of piperazine rings is 1. The summed E-state index contributed by atoms with van der Waals surface area (Å²) in [5, 5.41) is 11.3. The van der Waals surface area contributed by atoms with Gasteiger partial charge in [0.25, 0.3) is 5.91 Å². The number of nitrogens with two attached hydrogens (primary N) is 1. The molecule has 1 saturated carbocycles. The lowest BCUT2D eigenvalue weighted by atomic mass is 10.1. The van der Waals surface area contributed by atoms with Gasteiger partial charge in [0.2, 0.25) is 0 Å². The van der Waals surface area contributed by atoms with Crippen LogP contribution in [-0.2, 0) is 0 Å². The molecule has 2 fully saturated rings. The maximum atomic E-state index is 12.0. The molecule has 156 valence electrons. The van der Waals surface area contributed by atoms with Crippen molar-refractivity contribution in [3.63, 3.8) is 0 Å². The van der Waals surface area contributed by atoms with Crippen LogP contribution in [0.2, 0.25) is 0 Å². The number of hydrogen-bond donors (Lipinski definition) is 3. The number of primary amides is 1. The fourth-order valence-electron chi connectivity index (χ4n) is 4.13. The van der Waals surface area contributed by atoms with Crippen LogP contribution in [0.1, 0.15) is 30.1 Å². The van der Waals surface area contributed by atoms with Crippen LogP contribution < -0.4 is 21.3 Å². The van der Waals surface area contributed by atoms with Gasteiger partial charge in [-0.05, 0) is 43.9 Å². The number of aromatic nitrogens is 3. The molecule has 30 heavy (non-hydrogen) atoms. The monoisotopic (exact) mass is 405 g/mol. The van der Waals surface area contributed by atoms with Crippen molar-refractivity contribution in [2.45, 2.75) is 25.8 Å². The minimum atomic E-state index is -0.472. The fourth-order valence-corrected chi connectivity index (χ4v) is 4.13. The number of carbonyl (C=O) groups excluding carboxylic acids is 1. The van der Waals surface area contributed by atoms with Crippen LogP contribution >= 0.6 is 0 Å².